The lowest BCUT2D eigenvalue weighted by Gasteiger charge is -2.05. The lowest BCUT2D eigenvalue weighted by Crippen LogP contribution is -2.30. The highest BCUT2D eigenvalue weighted by atomic mass is 32.2. The zero-order chi connectivity index (χ0) is 17.7. The summed E-state index contributed by atoms with van der Waals surface area (Å²) in [6.45, 7) is -0.532. The smallest absolute Gasteiger partial charge is 0.349 e. The molecule has 0 aliphatic carbocycles. The molecular weight excluding hydrogens is 354 g/mol. The van der Waals surface area contributed by atoms with E-state index in [1.54, 1.807) is 24.3 Å². The van der Waals surface area contributed by atoms with E-state index in [1.807, 2.05) is 6.07 Å². The van der Waals surface area contributed by atoms with Crippen LogP contribution in [0.25, 0.3) is 10.4 Å². The van der Waals surface area contributed by atoms with E-state index in [1.165, 1.54) is 13.2 Å². The minimum Gasteiger partial charge on any atom is -0.468 e. The van der Waals surface area contributed by atoms with Crippen molar-refractivity contribution in [1.82, 2.24) is 4.72 Å². The zero-order valence-electron chi connectivity index (χ0n) is 12.9. The van der Waals surface area contributed by atoms with E-state index in [2.05, 4.69) is 14.2 Å². The van der Waals surface area contributed by atoms with Gasteiger partial charge in [-0.05, 0) is 11.6 Å². The molecule has 1 aromatic heterocycles. The maximum atomic E-state index is 12.4. The third kappa shape index (κ3) is 3.99. The molecule has 2 rings (SSSR count). The van der Waals surface area contributed by atoms with Gasteiger partial charge in [-0.1, -0.05) is 30.3 Å². The molecule has 0 amide bonds. The summed E-state index contributed by atoms with van der Waals surface area (Å²) < 4.78 is 36.0. The van der Waals surface area contributed by atoms with Gasteiger partial charge in [-0.2, -0.15) is 4.72 Å². The Kier molecular flexibility index (Phi) is 5.71. The number of carbonyl (C=O) groups excluding carboxylic acids is 2. The molecule has 24 heavy (non-hydrogen) atoms. The molecule has 0 fully saturated rings. The van der Waals surface area contributed by atoms with Crippen LogP contribution >= 0.6 is 11.3 Å². The summed E-state index contributed by atoms with van der Waals surface area (Å²) >= 11 is 1.00. The van der Waals surface area contributed by atoms with E-state index in [4.69, 9.17) is 0 Å². The number of rotatable bonds is 6. The van der Waals surface area contributed by atoms with Crippen LogP contribution in [-0.2, 0) is 24.3 Å². The number of carbonyl (C=O) groups is 2. The van der Waals surface area contributed by atoms with Gasteiger partial charge in [0.05, 0.1) is 14.2 Å². The number of methoxy groups -OCH3 is 2. The monoisotopic (exact) mass is 369 g/mol. The van der Waals surface area contributed by atoms with Crippen LogP contribution in [0.3, 0.4) is 0 Å². The molecular formula is C15H15NO6S2. The van der Waals surface area contributed by atoms with E-state index in [0.29, 0.717) is 4.88 Å². The van der Waals surface area contributed by atoms with Gasteiger partial charge in [0.25, 0.3) is 0 Å². The van der Waals surface area contributed by atoms with Crippen LogP contribution < -0.4 is 4.72 Å². The van der Waals surface area contributed by atoms with Gasteiger partial charge in [0.2, 0.25) is 10.0 Å². The molecule has 0 aliphatic heterocycles. The minimum absolute atomic E-state index is 0.0614. The SMILES string of the molecule is COC(=O)CNS(=O)(=O)c1cc(-c2ccccc2)sc1C(=O)OC. The Morgan fingerprint density at radius 1 is 1.12 bits per heavy atom. The average molecular weight is 369 g/mol. The summed E-state index contributed by atoms with van der Waals surface area (Å²) in [5.74, 6) is -1.50. The first-order chi connectivity index (χ1) is 11.4. The van der Waals surface area contributed by atoms with Crippen molar-refractivity contribution in [2.45, 2.75) is 4.90 Å². The van der Waals surface area contributed by atoms with Crippen LogP contribution in [0.1, 0.15) is 9.67 Å². The van der Waals surface area contributed by atoms with Crippen LogP contribution in [0.5, 0.6) is 0 Å². The van der Waals surface area contributed by atoms with E-state index in [-0.39, 0.29) is 9.77 Å². The molecule has 0 bridgehead atoms. The Morgan fingerprint density at radius 2 is 1.79 bits per heavy atom. The van der Waals surface area contributed by atoms with Gasteiger partial charge in [-0.15, -0.1) is 11.3 Å². The van der Waals surface area contributed by atoms with Gasteiger partial charge in [0, 0.05) is 4.88 Å². The number of ether oxygens (including phenoxy) is 2. The third-order valence-electron chi connectivity index (χ3n) is 3.05. The Labute approximate surface area is 143 Å². The maximum absolute atomic E-state index is 12.4. The first-order valence-electron chi connectivity index (χ1n) is 6.73. The molecule has 0 spiro atoms. The third-order valence-corrected chi connectivity index (χ3v) is 5.77. The Hall–Kier alpha value is -2.23. The topological polar surface area (TPSA) is 98.8 Å². The fourth-order valence-corrected chi connectivity index (χ4v) is 4.43. The molecule has 0 saturated heterocycles. The second kappa shape index (κ2) is 7.56. The van der Waals surface area contributed by atoms with Crippen LogP contribution in [0.4, 0.5) is 0 Å². The fraction of sp³-hybridized carbons (Fsp3) is 0.200. The van der Waals surface area contributed by atoms with Crippen molar-refractivity contribution in [3.05, 3.63) is 41.3 Å². The molecule has 128 valence electrons. The van der Waals surface area contributed by atoms with Gasteiger partial charge >= 0.3 is 11.9 Å². The molecule has 7 nitrogen and oxygen atoms in total. The van der Waals surface area contributed by atoms with Crippen molar-refractivity contribution < 1.29 is 27.5 Å². The van der Waals surface area contributed by atoms with Gasteiger partial charge < -0.3 is 9.47 Å². The van der Waals surface area contributed by atoms with Crippen molar-refractivity contribution in [2.75, 3.05) is 20.8 Å². The van der Waals surface area contributed by atoms with Crippen LogP contribution in [0, 0.1) is 0 Å². The summed E-state index contributed by atoms with van der Waals surface area (Å²) in [6.07, 6.45) is 0. The normalized spacial score (nSPS) is 11.1. The second-order valence-electron chi connectivity index (χ2n) is 4.56. The quantitative estimate of drug-likeness (QED) is 0.778. The zero-order valence-corrected chi connectivity index (χ0v) is 14.6. The van der Waals surface area contributed by atoms with Crippen molar-refractivity contribution in [3.63, 3.8) is 0 Å². The van der Waals surface area contributed by atoms with Gasteiger partial charge in [0.1, 0.15) is 16.3 Å². The van der Waals surface area contributed by atoms with E-state index in [9.17, 15) is 18.0 Å². The first-order valence-corrected chi connectivity index (χ1v) is 9.03. The number of hydrogen-bond acceptors (Lipinski definition) is 7. The number of benzene rings is 1. The lowest BCUT2D eigenvalue weighted by molar-refractivity contribution is -0.139. The first kappa shape index (κ1) is 18.1. The summed E-state index contributed by atoms with van der Waals surface area (Å²) in [5.41, 5.74) is 0.766. The molecule has 0 radical (unpaired) electrons. The van der Waals surface area contributed by atoms with E-state index in [0.717, 1.165) is 24.0 Å². The summed E-state index contributed by atoms with van der Waals surface area (Å²) in [5, 5.41) is 0. The van der Waals surface area contributed by atoms with Crippen LogP contribution in [0.15, 0.2) is 41.3 Å². The molecule has 0 aliphatic rings. The number of sulfonamides is 1. The number of hydrogen-bond donors (Lipinski definition) is 1. The molecule has 1 heterocycles. The van der Waals surface area contributed by atoms with Crippen molar-refractivity contribution in [3.8, 4) is 10.4 Å². The number of esters is 2. The van der Waals surface area contributed by atoms with Gasteiger partial charge in [-0.3, -0.25) is 4.79 Å². The predicted molar refractivity (Wildman–Crippen MR) is 88.3 cm³/mol. The summed E-state index contributed by atoms with van der Waals surface area (Å²) in [6, 6.07) is 10.4. The van der Waals surface area contributed by atoms with Gasteiger partial charge in [0.15, 0.2) is 0 Å². The lowest BCUT2D eigenvalue weighted by atomic mass is 10.2. The molecule has 0 atom stereocenters. The Bertz CT molecular complexity index is 842. The molecule has 0 unspecified atom stereocenters. The van der Waals surface area contributed by atoms with Crippen molar-refractivity contribution in [2.24, 2.45) is 0 Å². The highest BCUT2D eigenvalue weighted by Gasteiger charge is 2.27. The van der Waals surface area contributed by atoms with E-state index >= 15 is 0 Å². The van der Waals surface area contributed by atoms with E-state index < -0.39 is 28.5 Å². The van der Waals surface area contributed by atoms with Crippen molar-refractivity contribution in [1.29, 1.82) is 0 Å². The highest BCUT2D eigenvalue weighted by molar-refractivity contribution is 7.89. The maximum Gasteiger partial charge on any atom is 0.349 e. The van der Waals surface area contributed by atoms with Crippen LogP contribution in [0.2, 0.25) is 0 Å². The molecule has 2 aromatic rings. The van der Waals surface area contributed by atoms with Crippen LogP contribution in [-0.4, -0.2) is 41.1 Å². The molecule has 0 saturated carbocycles. The van der Waals surface area contributed by atoms with Gasteiger partial charge in [-0.25, -0.2) is 13.2 Å². The number of thiophene rings is 1. The molecule has 1 N–H and O–H groups in total. The highest BCUT2D eigenvalue weighted by Crippen LogP contribution is 2.34. The summed E-state index contributed by atoms with van der Waals surface area (Å²) in [4.78, 5) is 23.4. The van der Waals surface area contributed by atoms with Crippen molar-refractivity contribution >= 4 is 33.3 Å². The molecule has 9 heteroatoms. The standard InChI is InChI=1S/C15H15NO6S2/c1-21-13(17)9-16-24(19,20)12-8-11(10-6-4-3-5-7-10)23-14(12)15(18)22-2/h3-8,16H,9H2,1-2H3. The Balaban J connectivity index is 2.46. The average Bonchev–Trinajstić information content (AvgIpc) is 3.06. The second-order valence-corrected chi connectivity index (χ2v) is 7.35. The minimum atomic E-state index is -4.08. The fourth-order valence-electron chi connectivity index (χ4n) is 1.86. The Morgan fingerprint density at radius 3 is 2.38 bits per heavy atom. The largest absolute Gasteiger partial charge is 0.468 e. The number of nitrogens with one attached hydrogen (secondary N) is 1. The molecule has 1 aromatic carbocycles. The summed E-state index contributed by atoms with van der Waals surface area (Å²) in [7, 11) is -1.76. The predicted octanol–water partition coefficient (Wildman–Crippen LogP) is 1.65.